The van der Waals surface area contributed by atoms with Crippen molar-refractivity contribution < 1.29 is 117 Å². The number of hydrogen-bond acceptors (Lipinski definition) is 23. The molecule has 3 fully saturated rings. The summed E-state index contributed by atoms with van der Waals surface area (Å²) in [7, 11) is -5.70. The maximum Gasteiger partial charge on any atom is 0.472 e. The van der Waals surface area contributed by atoms with Gasteiger partial charge in [-0.15, -0.1) is 0 Å². The number of phosphoric ester groups is 1. The van der Waals surface area contributed by atoms with E-state index in [9.17, 15) is 74.9 Å². The Balaban J connectivity index is 1.74. The summed E-state index contributed by atoms with van der Waals surface area (Å²) in [6, 6.07) is 0. The molecule has 3 aliphatic rings. The van der Waals surface area contributed by atoms with Gasteiger partial charge in [-0.3, -0.25) is 23.4 Å². The van der Waals surface area contributed by atoms with Crippen molar-refractivity contribution in [1.29, 1.82) is 0 Å². The molecular weight excluding hydrogens is 1300 g/mol. The van der Waals surface area contributed by atoms with Gasteiger partial charge in [-0.1, -0.05) is 252 Å². The maximum absolute atomic E-state index is 14.4. The first kappa shape index (κ1) is 90.9. The van der Waals surface area contributed by atoms with Gasteiger partial charge in [0.05, 0.1) is 13.2 Å². The van der Waals surface area contributed by atoms with E-state index >= 15 is 0 Å². The van der Waals surface area contributed by atoms with Crippen molar-refractivity contribution in [3.63, 3.8) is 0 Å². The van der Waals surface area contributed by atoms with Crippen molar-refractivity contribution in [3.8, 4) is 0 Å². The van der Waals surface area contributed by atoms with Crippen LogP contribution in [0.25, 0.3) is 0 Å². The van der Waals surface area contributed by atoms with Gasteiger partial charge >= 0.3 is 25.7 Å². The zero-order valence-electron chi connectivity index (χ0n) is 61.0. The largest absolute Gasteiger partial charge is 0.472 e. The van der Waals surface area contributed by atoms with Crippen LogP contribution in [0.2, 0.25) is 0 Å². The summed E-state index contributed by atoms with van der Waals surface area (Å²) in [5.74, 6) is -1.30. The molecule has 25 heteroatoms. The third-order valence-corrected chi connectivity index (χ3v) is 20.4. The predicted octanol–water partition coefficient (Wildman–Crippen LogP) is 11.0. The highest BCUT2D eigenvalue weighted by Gasteiger charge is 2.58. The van der Waals surface area contributed by atoms with E-state index in [0.29, 0.717) is 25.2 Å². The lowest BCUT2D eigenvalue weighted by molar-refractivity contribution is -0.360. The molecule has 582 valence electrons. The lowest BCUT2D eigenvalue weighted by Gasteiger charge is -2.49. The van der Waals surface area contributed by atoms with Crippen LogP contribution in [0.15, 0.2) is 12.2 Å². The minimum atomic E-state index is -5.70. The van der Waals surface area contributed by atoms with Crippen molar-refractivity contribution in [2.75, 3.05) is 26.4 Å². The molecule has 0 radical (unpaired) electrons. The van der Waals surface area contributed by atoms with Crippen LogP contribution in [0.5, 0.6) is 0 Å². The summed E-state index contributed by atoms with van der Waals surface area (Å²) >= 11 is 0. The first-order valence-corrected chi connectivity index (χ1v) is 40.4. The smallest absolute Gasteiger partial charge is 0.463 e. The standard InChI is InChI=1S/C74H137O24P/c1-5-8-11-14-17-19-21-23-24-26-28-30-32-39-44-49-60(78)93-55(51-90-58(76)47-42-38-34-33-36-41-46-54(4)45-40-35-16-13-10-7-3)52-92-99(88,89)98-72-70(96-73-68(86)63(81)61(79)56(50-75)94-73)66(84)65(83)67(85)71(72)97-74-69(87)64(82)62(80)57(95-74)53-91-59(77)48-43-37-31-29-27-25-22-20-18-15-12-9-6-2/h25,27,54-57,61-75,79-87H,5-24,26,28-53H2,1-4H3,(H,88,89)/b27-25-. The van der Waals surface area contributed by atoms with Crippen molar-refractivity contribution >= 4 is 25.7 Å². The molecule has 0 bridgehead atoms. The number of aliphatic hydroxyl groups is 10. The van der Waals surface area contributed by atoms with E-state index in [0.717, 1.165) is 96.3 Å². The fourth-order valence-corrected chi connectivity index (χ4v) is 14.0. The van der Waals surface area contributed by atoms with Crippen LogP contribution in [0.1, 0.15) is 304 Å². The molecule has 2 saturated heterocycles. The van der Waals surface area contributed by atoms with Crippen LogP contribution in [-0.2, 0) is 61.2 Å². The highest BCUT2D eigenvalue weighted by molar-refractivity contribution is 7.47. The van der Waals surface area contributed by atoms with Crippen LogP contribution in [0, 0.1) is 5.92 Å². The Morgan fingerprint density at radius 3 is 1.20 bits per heavy atom. The van der Waals surface area contributed by atoms with Gasteiger partial charge in [0.2, 0.25) is 0 Å². The van der Waals surface area contributed by atoms with Crippen LogP contribution in [0.3, 0.4) is 0 Å². The third kappa shape index (κ3) is 38.5. The molecule has 19 unspecified atom stereocenters. The first-order chi connectivity index (χ1) is 47.7. The van der Waals surface area contributed by atoms with Crippen molar-refractivity contribution in [2.45, 2.75) is 408 Å². The number of unbranched alkanes of at least 4 members (excludes halogenated alkanes) is 33. The number of aliphatic hydroxyl groups excluding tert-OH is 10. The van der Waals surface area contributed by atoms with Crippen LogP contribution in [-0.4, -0.2) is 204 Å². The molecule has 2 aliphatic heterocycles. The molecule has 1 saturated carbocycles. The van der Waals surface area contributed by atoms with Gasteiger partial charge < -0.3 is 89.1 Å². The number of rotatable bonds is 60. The first-order valence-electron chi connectivity index (χ1n) is 38.9. The number of ether oxygens (including phenoxy) is 7. The second-order valence-corrected chi connectivity index (χ2v) is 29.8. The summed E-state index contributed by atoms with van der Waals surface area (Å²) in [6.45, 7) is 5.77. The Hall–Kier alpha value is -2.30. The monoisotopic (exact) mass is 1440 g/mol. The normalized spacial score (nSPS) is 27.8. The highest BCUT2D eigenvalue weighted by Crippen LogP contribution is 2.49. The molecule has 0 aromatic rings. The zero-order valence-corrected chi connectivity index (χ0v) is 61.8. The molecule has 0 aromatic carbocycles. The molecular formula is C74H137O24P. The van der Waals surface area contributed by atoms with Gasteiger partial charge in [0.15, 0.2) is 18.7 Å². The molecule has 19 atom stereocenters. The number of carbonyl (C=O) groups excluding carboxylic acids is 3. The van der Waals surface area contributed by atoms with Crippen molar-refractivity contribution in [1.82, 2.24) is 0 Å². The zero-order chi connectivity index (χ0) is 72.6. The molecule has 11 N–H and O–H groups in total. The van der Waals surface area contributed by atoms with Crippen LogP contribution >= 0.6 is 7.82 Å². The average Bonchev–Trinajstić information content (AvgIpc) is 0.762. The summed E-state index contributed by atoms with van der Waals surface area (Å²) < 4.78 is 65.1. The third-order valence-electron chi connectivity index (χ3n) is 19.4. The average molecular weight is 1440 g/mol. The minimum Gasteiger partial charge on any atom is -0.463 e. The fraction of sp³-hybridized carbons (Fsp3) is 0.932. The lowest BCUT2D eigenvalue weighted by atomic mass is 9.84. The van der Waals surface area contributed by atoms with E-state index in [1.807, 2.05) is 0 Å². The Labute approximate surface area is 592 Å². The molecule has 99 heavy (non-hydrogen) atoms. The molecule has 3 rings (SSSR count). The van der Waals surface area contributed by atoms with Gasteiger partial charge in [-0.25, -0.2) is 4.57 Å². The van der Waals surface area contributed by atoms with Crippen molar-refractivity contribution in [2.24, 2.45) is 5.92 Å². The quantitative estimate of drug-likeness (QED) is 0.00886. The van der Waals surface area contributed by atoms with Gasteiger partial charge in [0, 0.05) is 19.3 Å². The van der Waals surface area contributed by atoms with Gasteiger partial charge in [0.1, 0.15) is 98.7 Å². The topological polar surface area (TPSA) is 374 Å². The van der Waals surface area contributed by atoms with Crippen LogP contribution in [0.4, 0.5) is 0 Å². The SMILES string of the molecule is CCCCCCCC/C=C\CCCCCC(=O)OCC1OC(OC2C(O)C(O)C(O)C(OC3OC(CO)C(O)C(O)C3O)C2OP(=O)(O)OCC(COC(=O)CCCCCCCCC(C)CCCCCCCC)OC(=O)CCCCCCCCCCCCCCCCC)C(O)C(O)C1O. The van der Waals surface area contributed by atoms with Gasteiger partial charge in [0.25, 0.3) is 0 Å². The number of esters is 3. The summed E-state index contributed by atoms with van der Waals surface area (Å²) in [5, 5.41) is 110. The van der Waals surface area contributed by atoms with E-state index in [2.05, 4.69) is 39.8 Å². The van der Waals surface area contributed by atoms with E-state index in [-0.39, 0.29) is 19.3 Å². The van der Waals surface area contributed by atoms with E-state index in [1.165, 1.54) is 141 Å². The van der Waals surface area contributed by atoms with E-state index in [1.54, 1.807) is 0 Å². The van der Waals surface area contributed by atoms with Gasteiger partial charge in [-0.2, -0.15) is 0 Å². The molecule has 0 amide bonds. The number of allylic oxidation sites excluding steroid dienone is 2. The second-order valence-electron chi connectivity index (χ2n) is 28.3. The molecule has 1 aliphatic carbocycles. The minimum absolute atomic E-state index is 0.00901. The van der Waals surface area contributed by atoms with E-state index < -0.39 is 156 Å². The Morgan fingerprint density at radius 1 is 0.414 bits per heavy atom. The van der Waals surface area contributed by atoms with Gasteiger partial charge in [-0.05, 0) is 50.9 Å². The number of phosphoric acid groups is 1. The summed E-state index contributed by atoms with van der Waals surface area (Å²) in [5.41, 5.74) is 0. The summed E-state index contributed by atoms with van der Waals surface area (Å²) in [6.07, 6.45) is 12.8. The highest BCUT2D eigenvalue weighted by atomic mass is 31.2. The van der Waals surface area contributed by atoms with Crippen molar-refractivity contribution in [3.05, 3.63) is 12.2 Å². The van der Waals surface area contributed by atoms with E-state index in [4.69, 9.17) is 42.2 Å². The maximum atomic E-state index is 14.4. The fourth-order valence-electron chi connectivity index (χ4n) is 13.0. The Bertz CT molecular complexity index is 2110. The number of hydrogen-bond donors (Lipinski definition) is 11. The number of carbonyl (C=O) groups is 3. The van der Waals surface area contributed by atoms with Crippen LogP contribution < -0.4 is 0 Å². The molecule has 0 spiro atoms. The predicted molar refractivity (Wildman–Crippen MR) is 375 cm³/mol. The Morgan fingerprint density at radius 2 is 0.768 bits per heavy atom. The second kappa shape index (κ2) is 55.2. The lowest BCUT2D eigenvalue weighted by Crippen LogP contribution is -2.69. The molecule has 0 aromatic heterocycles. The summed E-state index contributed by atoms with van der Waals surface area (Å²) in [4.78, 5) is 51.1. The molecule has 2 heterocycles. The molecule has 24 nitrogen and oxygen atoms in total. The Kier molecular flexibility index (Phi) is 50.7.